The van der Waals surface area contributed by atoms with Crippen molar-refractivity contribution in [2.45, 2.75) is 6.92 Å². The summed E-state index contributed by atoms with van der Waals surface area (Å²) in [6.07, 6.45) is 3.77. The highest BCUT2D eigenvalue weighted by atomic mass is 15.4. The lowest BCUT2D eigenvalue weighted by Gasteiger charge is -1.96. The minimum absolute atomic E-state index is 0.885. The summed E-state index contributed by atoms with van der Waals surface area (Å²) in [6, 6.07) is 0. The number of nitrogens with one attached hydrogen (secondary N) is 1. The standard InChI is InChI=1S/C8H14N4/c1-7(5-9-2)4-8-6-10-12(3)11-8/h4,6,9H,5H2,1-3H3/b7-4+. The molecule has 4 heteroatoms. The number of nitrogens with zero attached hydrogens (tertiary/aromatic N) is 3. The van der Waals surface area contributed by atoms with Crippen LogP contribution in [0.1, 0.15) is 12.6 Å². The molecule has 0 aliphatic heterocycles. The number of rotatable bonds is 3. The van der Waals surface area contributed by atoms with Crippen molar-refractivity contribution < 1.29 is 0 Å². The molecule has 0 fully saturated rings. The van der Waals surface area contributed by atoms with Crippen LogP contribution in [-0.4, -0.2) is 28.6 Å². The largest absolute Gasteiger partial charge is 0.316 e. The number of aromatic nitrogens is 3. The summed E-state index contributed by atoms with van der Waals surface area (Å²) >= 11 is 0. The Morgan fingerprint density at radius 3 is 3.00 bits per heavy atom. The predicted octanol–water partition coefficient (Wildman–Crippen LogP) is 0.438. The molecule has 66 valence electrons. The van der Waals surface area contributed by atoms with Crippen molar-refractivity contribution in [3.05, 3.63) is 17.5 Å². The molecule has 1 aromatic heterocycles. The van der Waals surface area contributed by atoms with Crippen molar-refractivity contribution >= 4 is 6.08 Å². The Kier molecular flexibility index (Phi) is 2.99. The van der Waals surface area contributed by atoms with Gasteiger partial charge in [-0.25, -0.2) is 0 Å². The zero-order valence-electron chi connectivity index (χ0n) is 7.70. The molecule has 1 heterocycles. The maximum absolute atomic E-state index is 4.13. The highest BCUT2D eigenvalue weighted by molar-refractivity contribution is 5.46. The quantitative estimate of drug-likeness (QED) is 0.708. The second-order valence-electron chi connectivity index (χ2n) is 2.78. The Hall–Kier alpha value is -1.16. The average molecular weight is 166 g/mol. The highest BCUT2D eigenvalue weighted by Crippen LogP contribution is 1.99. The Morgan fingerprint density at radius 2 is 2.50 bits per heavy atom. The van der Waals surface area contributed by atoms with E-state index in [-0.39, 0.29) is 0 Å². The topological polar surface area (TPSA) is 42.7 Å². The molecule has 0 atom stereocenters. The molecule has 0 amide bonds. The smallest absolute Gasteiger partial charge is 0.105 e. The zero-order valence-corrected chi connectivity index (χ0v) is 7.70. The van der Waals surface area contributed by atoms with Gasteiger partial charge in [-0.15, -0.1) is 0 Å². The maximum Gasteiger partial charge on any atom is 0.105 e. The Balaban J connectivity index is 2.67. The van der Waals surface area contributed by atoms with Gasteiger partial charge >= 0.3 is 0 Å². The van der Waals surface area contributed by atoms with E-state index in [2.05, 4.69) is 22.4 Å². The molecule has 0 saturated heterocycles. The molecule has 0 aromatic carbocycles. The van der Waals surface area contributed by atoms with Gasteiger partial charge in [0.15, 0.2) is 0 Å². The van der Waals surface area contributed by atoms with Crippen molar-refractivity contribution in [3.63, 3.8) is 0 Å². The molecule has 0 bridgehead atoms. The molecule has 12 heavy (non-hydrogen) atoms. The number of aryl methyl sites for hydroxylation is 1. The van der Waals surface area contributed by atoms with Gasteiger partial charge in [0.1, 0.15) is 5.69 Å². The van der Waals surface area contributed by atoms with Gasteiger partial charge in [0.2, 0.25) is 0 Å². The van der Waals surface area contributed by atoms with E-state index in [1.165, 1.54) is 5.57 Å². The van der Waals surface area contributed by atoms with Gasteiger partial charge in [-0.05, 0) is 20.0 Å². The summed E-state index contributed by atoms with van der Waals surface area (Å²) < 4.78 is 0. The van der Waals surface area contributed by atoms with Crippen LogP contribution >= 0.6 is 0 Å². The van der Waals surface area contributed by atoms with Crippen molar-refractivity contribution in [1.82, 2.24) is 20.3 Å². The number of hydrogen-bond acceptors (Lipinski definition) is 3. The minimum Gasteiger partial charge on any atom is -0.316 e. The van der Waals surface area contributed by atoms with E-state index in [1.54, 1.807) is 11.0 Å². The fraction of sp³-hybridized carbons (Fsp3) is 0.500. The van der Waals surface area contributed by atoms with Crippen LogP contribution in [0.15, 0.2) is 11.8 Å². The lowest BCUT2D eigenvalue weighted by molar-refractivity contribution is 0.652. The summed E-state index contributed by atoms with van der Waals surface area (Å²) in [6.45, 7) is 2.95. The fourth-order valence-electron chi connectivity index (χ4n) is 1.01. The van der Waals surface area contributed by atoms with Crippen LogP contribution in [0.5, 0.6) is 0 Å². The second-order valence-corrected chi connectivity index (χ2v) is 2.78. The Labute approximate surface area is 72.3 Å². The van der Waals surface area contributed by atoms with Gasteiger partial charge in [0.05, 0.1) is 6.20 Å². The van der Waals surface area contributed by atoms with E-state index >= 15 is 0 Å². The van der Waals surface area contributed by atoms with Crippen LogP contribution in [0, 0.1) is 0 Å². The summed E-state index contributed by atoms with van der Waals surface area (Å²) in [5.74, 6) is 0. The van der Waals surface area contributed by atoms with Crippen molar-refractivity contribution in [2.75, 3.05) is 13.6 Å². The first-order valence-corrected chi connectivity index (χ1v) is 3.90. The molecule has 0 aliphatic carbocycles. The summed E-state index contributed by atoms with van der Waals surface area (Å²) in [7, 11) is 3.73. The molecule has 0 aliphatic rings. The van der Waals surface area contributed by atoms with Gasteiger partial charge < -0.3 is 5.32 Å². The first kappa shape index (κ1) is 8.93. The number of hydrogen-bond donors (Lipinski definition) is 1. The molecular weight excluding hydrogens is 152 g/mol. The molecule has 0 saturated carbocycles. The molecule has 1 aromatic rings. The lowest BCUT2D eigenvalue weighted by atomic mass is 10.2. The zero-order chi connectivity index (χ0) is 8.97. The van der Waals surface area contributed by atoms with Crippen LogP contribution < -0.4 is 5.32 Å². The normalized spacial score (nSPS) is 12.1. The van der Waals surface area contributed by atoms with E-state index < -0.39 is 0 Å². The monoisotopic (exact) mass is 166 g/mol. The second kappa shape index (κ2) is 4.01. The molecular formula is C8H14N4. The highest BCUT2D eigenvalue weighted by Gasteiger charge is 1.93. The van der Waals surface area contributed by atoms with Crippen LogP contribution in [0.4, 0.5) is 0 Å². The maximum atomic E-state index is 4.13. The third-order valence-corrected chi connectivity index (χ3v) is 1.47. The van der Waals surface area contributed by atoms with Crippen LogP contribution in [-0.2, 0) is 7.05 Å². The van der Waals surface area contributed by atoms with Crippen LogP contribution in [0.25, 0.3) is 6.08 Å². The van der Waals surface area contributed by atoms with Crippen LogP contribution in [0.2, 0.25) is 0 Å². The Morgan fingerprint density at radius 1 is 1.75 bits per heavy atom. The summed E-state index contributed by atoms with van der Waals surface area (Å²) in [5, 5.41) is 11.2. The van der Waals surface area contributed by atoms with E-state index in [0.717, 1.165) is 12.2 Å². The first-order valence-electron chi connectivity index (χ1n) is 3.90. The molecule has 1 rings (SSSR count). The SMILES string of the molecule is CNC/C(C)=C/c1cnn(C)n1. The molecule has 0 unspecified atom stereocenters. The summed E-state index contributed by atoms with van der Waals surface area (Å²) in [5.41, 5.74) is 2.16. The van der Waals surface area contributed by atoms with Gasteiger partial charge in [-0.1, -0.05) is 5.57 Å². The molecule has 4 nitrogen and oxygen atoms in total. The van der Waals surface area contributed by atoms with Gasteiger partial charge in [0.25, 0.3) is 0 Å². The molecule has 1 N–H and O–H groups in total. The summed E-state index contributed by atoms with van der Waals surface area (Å²) in [4.78, 5) is 1.55. The minimum atomic E-state index is 0.885. The van der Waals surface area contributed by atoms with Gasteiger partial charge in [0, 0.05) is 13.6 Å². The third-order valence-electron chi connectivity index (χ3n) is 1.47. The Bertz CT molecular complexity index is 274. The van der Waals surface area contributed by atoms with Gasteiger partial charge in [-0.3, -0.25) is 0 Å². The van der Waals surface area contributed by atoms with Crippen molar-refractivity contribution in [1.29, 1.82) is 0 Å². The van der Waals surface area contributed by atoms with E-state index in [4.69, 9.17) is 0 Å². The molecule has 0 radical (unpaired) electrons. The fourth-order valence-corrected chi connectivity index (χ4v) is 1.01. The first-order chi connectivity index (χ1) is 5.72. The molecule has 0 spiro atoms. The van der Waals surface area contributed by atoms with Crippen molar-refractivity contribution in [3.8, 4) is 0 Å². The lowest BCUT2D eigenvalue weighted by Crippen LogP contribution is -2.08. The van der Waals surface area contributed by atoms with Gasteiger partial charge in [-0.2, -0.15) is 15.0 Å². The van der Waals surface area contributed by atoms with Crippen LogP contribution in [0.3, 0.4) is 0 Å². The van der Waals surface area contributed by atoms with E-state index in [9.17, 15) is 0 Å². The number of likely N-dealkylation sites (N-methyl/N-ethyl adjacent to an activating group) is 1. The van der Waals surface area contributed by atoms with E-state index in [1.807, 2.05) is 20.2 Å². The van der Waals surface area contributed by atoms with E-state index in [0.29, 0.717) is 0 Å². The average Bonchev–Trinajstić information content (AvgIpc) is 2.36. The predicted molar refractivity (Wildman–Crippen MR) is 48.6 cm³/mol. The third kappa shape index (κ3) is 2.47. The van der Waals surface area contributed by atoms with Crippen molar-refractivity contribution in [2.24, 2.45) is 7.05 Å².